The van der Waals surface area contributed by atoms with Crippen molar-refractivity contribution in [2.45, 2.75) is 40.0 Å². The molecule has 4 nitrogen and oxygen atoms in total. The summed E-state index contributed by atoms with van der Waals surface area (Å²) in [5, 5.41) is 8.41. The van der Waals surface area contributed by atoms with Gasteiger partial charge in [0.1, 0.15) is 0 Å². The predicted octanol–water partition coefficient (Wildman–Crippen LogP) is 2.59. The van der Waals surface area contributed by atoms with Gasteiger partial charge in [-0.25, -0.2) is 0 Å². The highest BCUT2D eigenvalue weighted by molar-refractivity contribution is 5.69. The Morgan fingerprint density at radius 3 is 2.27 bits per heavy atom. The Morgan fingerprint density at radius 1 is 1.53 bits per heavy atom. The van der Waals surface area contributed by atoms with Gasteiger partial charge in [-0.05, 0) is 6.42 Å². The first-order valence-electron chi connectivity index (χ1n) is 4.96. The number of carboxylic acid groups (broad SMARTS) is 1. The fourth-order valence-electron chi connectivity index (χ4n) is 0.751. The summed E-state index contributed by atoms with van der Waals surface area (Å²) < 4.78 is 4.17. The molecule has 1 N–H and O–H groups in total. The molecule has 0 spiro atoms. The van der Waals surface area contributed by atoms with Crippen molar-refractivity contribution in [3.05, 3.63) is 12.8 Å². The second-order valence-corrected chi connectivity index (χ2v) is 3.16. The Hall–Kier alpha value is -1.32. The molecule has 88 valence electrons. The summed E-state index contributed by atoms with van der Waals surface area (Å²) in [6.45, 7) is 8.29. The van der Waals surface area contributed by atoms with Gasteiger partial charge in [-0.3, -0.25) is 9.59 Å². The van der Waals surface area contributed by atoms with E-state index >= 15 is 0 Å². The second kappa shape index (κ2) is 10.8. The molecule has 1 unspecified atom stereocenters. The van der Waals surface area contributed by atoms with Crippen LogP contribution in [0.15, 0.2) is 12.8 Å². The van der Waals surface area contributed by atoms with Crippen LogP contribution in [0.4, 0.5) is 0 Å². The Kier molecular flexibility index (Phi) is 11.6. The van der Waals surface area contributed by atoms with Crippen molar-refractivity contribution >= 4 is 11.9 Å². The van der Waals surface area contributed by atoms with E-state index in [-0.39, 0.29) is 11.9 Å². The number of hydrogen-bond donors (Lipinski definition) is 1. The molecule has 0 heterocycles. The summed E-state index contributed by atoms with van der Waals surface area (Å²) in [5.74, 6) is -1.17. The van der Waals surface area contributed by atoms with Crippen LogP contribution in [0.25, 0.3) is 0 Å². The average Bonchev–Trinajstić information content (AvgIpc) is 2.14. The second-order valence-electron chi connectivity index (χ2n) is 3.16. The van der Waals surface area contributed by atoms with Crippen molar-refractivity contribution in [2.75, 3.05) is 0 Å². The summed E-state index contributed by atoms with van der Waals surface area (Å²) in [5.41, 5.74) is 0. The van der Waals surface area contributed by atoms with Crippen molar-refractivity contribution in [3.8, 4) is 0 Å². The maximum Gasteiger partial charge on any atom is 0.307 e. The van der Waals surface area contributed by atoms with E-state index in [1.807, 2.05) is 0 Å². The molecule has 4 heteroatoms. The van der Waals surface area contributed by atoms with E-state index in [2.05, 4.69) is 18.2 Å². The fraction of sp³-hybridized carbons (Fsp3) is 0.636. The summed E-state index contributed by atoms with van der Waals surface area (Å²) in [6.07, 6.45) is 4.01. The molecule has 0 saturated carbocycles. The highest BCUT2D eigenvalue weighted by atomic mass is 16.5. The van der Waals surface area contributed by atoms with E-state index in [0.29, 0.717) is 0 Å². The van der Waals surface area contributed by atoms with E-state index in [4.69, 9.17) is 5.11 Å². The number of carbonyl (C=O) groups excluding carboxylic acids is 1. The third-order valence-electron chi connectivity index (χ3n) is 1.66. The number of aliphatic carboxylic acids is 1. The lowest BCUT2D eigenvalue weighted by atomic mass is 10.1. The van der Waals surface area contributed by atoms with Crippen LogP contribution in [-0.2, 0) is 14.3 Å². The van der Waals surface area contributed by atoms with E-state index in [1.54, 1.807) is 6.92 Å². The molecule has 15 heavy (non-hydrogen) atoms. The van der Waals surface area contributed by atoms with Gasteiger partial charge in [0.2, 0.25) is 0 Å². The Morgan fingerprint density at radius 2 is 2.07 bits per heavy atom. The largest absolute Gasteiger partial charge is 0.481 e. The standard InChI is InChI=1S/C7H14O2.C4H6O2/c1-3-4-5-6(2)7(8)9;1-3-6-4(2)5/h6H,3-5H2,1-2H3,(H,8,9);3H,1H2,2H3. The van der Waals surface area contributed by atoms with Crippen LogP contribution in [0, 0.1) is 5.92 Å². The van der Waals surface area contributed by atoms with Crippen molar-refractivity contribution in [2.24, 2.45) is 5.92 Å². The van der Waals surface area contributed by atoms with Crippen LogP contribution >= 0.6 is 0 Å². The smallest absolute Gasteiger partial charge is 0.307 e. The molecule has 0 aromatic carbocycles. The first-order chi connectivity index (χ1) is 6.95. The topological polar surface area (TPSA) is 63.6 Å². The lowest BCUT2D eigenvalue weighted by Gasteiger charge is -2.02. The highest BCUT2D eigenvalue weighted by Crippen LogP contribution is 2.06. The molecular formula is C11H20O4. The van der Waals surface area contributed by atoms with Crippen LogP contribution in [0.5, 0.6) is 0 Å². The molecule has 0 aliphatic carbocycles. The molecular weight excluding hydrogens is 196 g/mol. The summed E-state index contributed by atoms with van der Waals surface area (Å²) in [6, 6.07) is 0. The van der Waals surface area contributed by atoms with E-state index < -0.39 is 5.97 Å². The summed E-state index contributed by atoms with van der Waals surface area (Å²) in [4.78, 5) is 20.0. The van der Waals surface area contributed by atoms with Crippen LogP contribution in [0.3, 0.4) is 0 Å². The monoisotopic (exact) mass is 216 g/mol. The van der Waals surface area contributed by atoms with Crippen LogP contribution in [-0.4, -0.2) is 17.0 Å². The van der Waals surface area contributed by atoms with Gasteiger partial charge in [-0.1, -0.05) is 33.3 Å². The number of carbonyl (C=O) groups is 2. The Bertz CT molecular complexity index is 199. The minimum absolute atomic E-state index is 0.162. The molecule has 0 saturated heterocycles. The molecule has 0 aliphatic rings. The maximum atomic E-state index is 10.2. The first kappa shape index (κ1) is 16.1. The van der Waals surface area contributed by atoms with Crippen molar-refractivity contribution in [1.29, 1.82) is 0 Å². The molecule has 0 amide bonds. The van der Waals surface area contributed by atoms with E-state index in [0.717, 1.165) is 25.5 Å². The number of unbranched alkanes of at least 4 members (excludes halogenated alkanes) is 1. The molecule has 0 fully saturated rings. The van der Waals surface area contributed by atoms with E-state index in [1.165, 1.54) is 6.92 Å². The zero-order chi connectivity index (χ0) is 12.3. The molecule has 0 aromatic heterocycles. The number of hydrogen-bond acceptors (Lipinski definition) is 3. The number of ether oxygens (including phenoxy) is 1. The quantitative estimate of drug-likeness (QED) is 0.566. The van der Waals surface area contributed by atoms with Gasteiger partial charge >= 0.3 is 11.9 Å². The Labute approximate surface area is 90.9 Å². The van der Waals surface area contributed by atoms with Gasteiger partial charge in [0.15, 0.2) is 0 Å². The third kappa shape index (κ3) is 15.4. The molecule has 0 aliphatic heterocycles. The van der Waals surface area contributed by atoms with Gasteiger partial charge in [-0.2, -0.15) is 0 Å². The molecule has 0 bridgehead atoms. The van der Waals surface area contributed by atoms with Crippen LogP contribution < -0.4 is 0 Å². The minimum atomic E-state index is -0.677. The van der Waals surface area contributed by atoms with Gasteiger partial charge < -0.3 is 9.84 Å². The average molecular weight is 216 g/mol. The van der Waals surface area contributed by atoms with Gasteiger partial charge in [0, 0.05) is 6.92 Å². The maximum absolute atomic E-state index is 10.2. The number of carboxylic acids is 1. The van der Waals surface area contributed by atoms with Gasteiger partial charge in [0.25, 0.3) is 0 Å². The third-order valence-corrected chi connectivity index (χ3v) is 1.66. The zero-order valence-corrected chi connectivity index (χ0v) is 9.66. The SMILES string of the molecule is C=COC(C)=O.CCCCC(C)C(=O)O. The van der Waals surface area contributed by atoms with Gasteiger partial charge in [0.05, 0.1) is 12.2 Å². The van der Waals surface area contributed by atoms with Crippen molar-refractivity contribution in [1.82, 2.24) is 0 Å². The molecule has 0 radical (unpaired) electrons. The van der Waals surface area contributed by atoms with Crippen molar-refractivity contribution < 1.29 is 19.4 Å². The molecule has 1 atom stereocenters. The highest BCUT2D eigenvalue weighted by Gasteiger charge is 2.08. The van der Waals surface area contributed by atoms with Crippen LogP contribution in [0.1, 0.15) is 40.0 Å². The van der Waals surface area contributed by atoms with Crippen molar-refractivity contribution in [3.63, 3.8) is 0 Å². The Balaban J connectivity index is 0. The lowest BCUT2D eigenvalue weighted by molar-refractivity contribution is -0.141. The normalized spacial score (nSPS) is 10.6. The summed E-state index contributed by atoms with van der Waals surface area (Å²) >= 11 is 0. The number of esters is 1. The van der Waals surface area contributed by atoms with Crippen LogP contribution in [0.2, 0.25) is 0 Å². The lowest BCUT2D eigenvalue weighted by Crippen LogP contribution is -2.08. The zero-order valence-electron chi connectivity index (χ0n) is 9.66. The van der Waals surface area contributed by atoms with Gasteiger partial charge in [-0.15, -0.1) is 0 Å². The molecule has 0 rings (SSSR count). The molecule has 0 aromatic rings. The van der Waals surface area contributed by atoms with E-state index in [9.17, 15) is 9.59 Å². The fourth-order valence-corrected chi connectivity index (χ4v) is 0.751. The first-order valence-corrected chi connectivity index (χ1v) is 4.96. The minimum Gasteiger partial charge on any atom is -0.481 e. The number of rotatable bonds is 5. The predicted molar refractivity (Wildman–Crippen MR) is 58.3 cm³/mol. The summed E-state index contributed by atoms with van der Waals surface area (Å²) in [7, 11) is 0.